The molecule has 2 atom stereocenters. The van der Waals surface area contributed by atoms with Crippen LogP contribution in [0.3, 0.4) is 0 Å². The molecule has 0 aliphatic rings. The lowest BCUT2D eigenvalue weighted by atomic mass is 10.2. The van der Waals surface area contributed by atoms with Crippen molar-refractivity contribution in [2.75, 3.05) is 0 Å². The lowest BCUT2D eigenvalue weighted by Gasteiger charge is -1.99. The van der Waals surface area contributed by atoms with Gasteiger partial charge in [0.05, 0.1) is 12.2 Å². The van der Waals surface area contributed by atoms with Crippen LogP contribution in [0.5, 0.6) is 0 Å². The molecule has 0 amide bonds. The second-order valence-corrected chi connectivity index (χ2v) is 5.61. The molecular weight excluding hydrogens is 296 g/mol. The van der Waals surface area contributed by atoms with Crippen molar-refractivity contribution in [3.05, 3.63) is 72.9 Å². The fraction of sp³-hybridized carbons (Fsp3) is 0.455. The average molecular weight is 331 g/mol. The van der Waals surface area contributed by atoms with Crippen molar-refractivity contribution in [3.8, 4) is 0 Å². The third-order valence-electron chi connectivity index (χ3n) is 3.22. The van der Waals surface area contributed by atoms with Gasteiger partial charge in [0.2, 0.25) is 0 Å². The van der Waals surface area contributed by atoms with E-state index < -0.39 is 12.2 Å². The first-order valence-electron chi connectivity index (χ1n) is 9.03. The Balaban J connectivity index is 3.87. The van der Waals surface area contributed by atoms with Gasteiger partial charge < -0.3 is 10.2 Å². The molecule has 0 aliphatic heterocycles. The molecule has 2 N–H and O–H groups in total. The van der Waals surface area contributed by atoms with Gasteiger partial charge in [-0.1, -0.05) is 93.2 Å². The zero-order chi connectivity index (χ0) is 17.9. The smallest absolute Gasteiger partial charge is 0.0758 e. The Kier molecular flexibility index (Phi) is 16.5. The van der Waals surface area contributed by atoms with Gasteiger partial charge >= 0.3 is 0 Å². The summed E-state index contributed by atoms with van der Waals surface area (Å²) in [5.41, 5.74) is 0. The van der Waals surface area contributed by atoms with Crippen LogP contribution in [0.4, 0.5) is 0 Å². The summed E-state index contributed by atoms with van der Waals surface area (Å²) in [5, 5.41) is 19.5. The zero-order valence-electron chi connectivity index (χ0n) is 15.2. The van der Waals surface area contributed by atoms with Crippen molar-refractivity contribution in [1.82, 2.24) is 0 Å². The molecule has 0 aromatic rings. The number of hydrogen-bond acceptors (Lipinski definition) is 2. The van der Waals surface area contributed by atoms with Gasteiger partial charge in [-0.05, 0) is 32.1 Å². The third-order valence-corrected chi connectivity index (χ3v) is 3.22. The van der Waals surface area contributed by atoms with Crippen LogP contribution < -0.4 is 0 Å². The van der Waals surface area contributed by atoms with Crippen molar-refractivity contribution >= 4 is 0 Å². The molecule has 0 saturated heterocycles. The molecule has 0 spiro atoms. The Morgan fingerprint density at radius 2 is 1.21 bits per heavy atom. The fourth-order valence-electron chi connectivity index (χ4n) is 1.86. The number of aliphatic hydroxyl groups excluding tert-OH is 2. The first-order chi connectivity index (χ1) is 11.7. The van der Waals surface area contributed by atoms with Crippen LogP contribution in [-0.2, 0) is 0 Å². The highest BCUT2D eigenvalue weighted by Crippen LogP contribution is 1.99. The van der Waals surface area contributed by atoms with E-state index in [9.17, 15) is 10.2 Å². The lowest BCUT2D eigenvalue weighted by molar-refractivity contribution is 0.226. The first-order valence-corrected chi connectivity index (χ1v) is 9.03. The zero-order valence-corrected chi connectivity index (χ0v) is 15.2. The summed E-state index contributed by atoms with van der Waals surface area (Å²) in [4.78, 5) is 0. The molecule has 0 fully saturated rings. The summed E-state index contributed by atoms with van der Waals surface area (Å²) in [7, 11) is 0. The van der Waals surface area contributed by atoms with E-state index in [2.05, 4.69) is 32.1 Å². The third kappa shape index (κ3) is 16.7. The maximum absolute atomic E-state index is 9.80. The highest BCUT2D eigenvalue weighted by atomic mass is 16.3. The Morgan fingerprint density at radius 3 is 1.75 bits per heavy atom. The van der Waals surface area contributed by atoms with Crippen molar-refractivity contribution in [3.63, 3.8) is 0 Å². The van der Waals surface area contributed by atoms with E-state index in [1.54, 1.807) is 12.2 Å². The van der Waals surface area contributed by atoms with Gasteiger partial charge in [0.1, 0.15) is 0 Å². The summed E-state index contributed by atoms with van der Waals surface area (Å²) in [6.45, 7) is 4.24. The lowest BCUT2D eigenvalue weighted by Crippen LogP contribution is -1.98. The van der Waals surface area contributed by atoms with Crippen molar-refractivity contribution in [2.24, 2.45) is 0 Å². The molecule has 0 unspecified atom stereocenters. The number of rotatable bonds is 13. The first kappa shape index (κ1) is 22.4. The molecule has 2 heteroatoms. The number of aliphatic hydroxyl groups is 2. The number of hydrogen-bond donors (Lipinski definition) is 2. The van der Waals surface area contributed by atoms with Crippen LogP contribution in [-0.4, -0.2) is 22.4 Å². The summed E-state index contributed by atoms with van der Waals surface area (Å²) in [5.74, 6) is 0. The minimum absolute atomic E-state index is 0.441. The molecule has 0 aromatic heterocycles. The Morgan fingerprint density at radius 1 is 0.667 bits per heavy atom. The largest absolute Gasteiger partial charge is 0.389 e. The van der Waals surface area contributed by atoms with Gasteiger partial charge in [-0.3, -0.25) is 0 Å². The molecule has 0 aromatic carbocycles. The molecular formula is C22H34O2. The molecule has 24 heavy (non-hydrogen) atoms. The quantitative estimate of drug-likeness (QED) is 0.349. The van der Waals surface area contributed by atoms with Gasteiger partial charge in [-0.15, -0.1) is 0 Å². The maximum Gasteiger partial charge on any atom is 0.0758 e. The molecule has 0 radical (unpaired) electrons. The number of unbranched alkanes of at least 4 members (excludes halogenated alkanes) is 1. The van der Waals surface area contributed by atoms with Gasteiger partial charge in [0.25, 0.3) is 0 Å². The van der Waals surface area contributed by atoms with Crippen LogP contribution in [0, 0.1) is 0 Å². The van der Waals surface area contributed by atoms with E-state index in [1.165, 1.54) is 6.42 Å². The van der Waals surface area contributed by atoms with Crippen LogP contribution >= 0.6 is 0 Å². The van der Waals surface area contributed by atoms with Gasteiger partial charge in [0, 0.05) is 0 Å². The average Bonchev–Trinajstić information content (AvgIpc) is 2.57. The standard InChI is InChI=1S/C22H34O2/c1-3-5-7-8-9-10-14-18-22(24)20-16-12-11-15-19-21(23)17-13-6-4-2/h6-8,10-16,19-24H,3-5,9,17-18H2,1-2H3/b8-7-,12-11+,13-6-,14-10-,19-15-,20-16+/t21-,22+/m1/s1. The van der Waals surface area contributed by atoms with E-state index >= 15 is 0 Å². The van der Waals surface area contributed by atoms with Gasteiger partial charge in [-0.2, -0.15) is 0 Å². The Hall–Kier alpha value is -1.64. The van der Waals surface area contributed by atoms with E-state index in [1.807, 2.05) is 42.5 Å². The number of allylic oxidation sites excluding steroid dienone is 8. The van der Waals surface area contributed by atoms with Crippen LogP contribution in [0.2, 0.25) is 0 Å². The molecule has 0 aliphatic carbocycles. The Labute approximate surface area is 148 Å². The Bertz CT molecular complexity index is 439. The highest BCUT2D eigenvalue weighted by molar-refractivity contribution is 5.13. The molecule has 0 rings (SSSR count). The summed E-state index contributed by atoms with van der Waals surface area (Å²) >= 11 is 0. The van der Waals surface area contributed by atoms with E-state index in [-0.39, 0.29) is 0 Å². The molecule has 0 bridgehead atoms. The predicted molar refractivity (Wildman–Crippen MR) is 106 cm³/mol. The minimum atomic E-state index is -0.459. The second kappa shape index (κ2) is 17.7. The van der Waals surface area contributed by atoms with Crippen molar-refractivity contribution in [2.45, 2.75) is 64.6 Å². The highest BCUT2D eigenvalue weighted by Gasteiger charge is 1.93. The second-order valence-electron chi connectivity index (χ2n) is 5.61. The van der Waals surface area contributed by atoms with Crippen LogP contribution in [0.1, 0.15) is 52.4 Å². The molecule has 0 saturated carbocycles. The monoisotopic (exact) mass is 330 g/mol. The van der Waals surface area contributed by atoms with Gasteiger partial charge in [0.15, 0.2) is 0 Å². The van der Waals surface area contributed by atoms with Crippen molar-refractivity contribution < 1.29 is 10.2 Å². The van der Waals surface area contributed by atoms with Crippen LogP contribution in [0.25, 0.3) is 0 Å². The molecule has 0 heterocycles. The molecule has 134 valence electrons. The normalized spacial score (nSPS) is 16.0. The SMILES string of the molecule is CC/C=C\C[C@@H](O)\C=C/C=C/C=C/[C@@H](O)C/C=C\C/C=C\CCC. The van der Waals surface area contributed by atoms with Crippen molar-refractivity contribution in [1.29, 1.82) is 0 Å². The molecule has 2 nitrogen and oxygen atoms in total. The van der Waals surface area contributed by atoms with Crippen LogP contribution in [0.15, 0.2) is 72.9 Å². The fourth-order valence-corrected chi connectivity index (χ4v) is 1.86. The maximum atomic E-state index is 9.80. The van der Waals surface area contributed by atoms with Gasteiger partial charge in [-0.25, -0.2) is 0 Å². The summed E-state index contributed by atoms with van der Waals surface area (Å²) in [6.07, 6.45) is 28.0. The van der Waals surface area contributed by atoms with E-state index in [0.29, 0.717) is 12.8 Å². The minimum Gasteiger partial charge on any atom is -0.389 e. The van der Waals surface area contributed by atoms with E-state index in [0.717, 1.165) is 19.3 Å². The topological polar surface area (TPSA) is 40.5 Å². The van der Waals surface area contributed by atoms with E-state index in [4.69, 9.17) is 0 Å². The predicted octanol–water partition coefficient (Wildman–Crippen LogP) is 5.43. The summed E-state index contributed by atoms with van der Waals surface area (Å²) < 4.78 is 0. The summed E-state index contributed by atoms with van der Waals surface area (Å²) in [6, 6.07) is 0.